The first kappa shape index (κ1) is 9.26. The van der Waals surface area contributed by atoms with Gasteiger partial charge in [-0.05, 0) is 66.6 Å². The highest BCUT2D eigenvalue weighted by Crippen LogP contribution is 2.37. The summed E-state index contributed by atoms with van der Waals surface area (Å²) >= 11 is 4.70. The zero-order valence-electron chi connectivity index (χ0n) is 8.62. The molecule has 1 unspecified atom stereocenters. The molecule has 0 radical (unpaired) electrons. The van der Waals surface area contributed by atoms with Crippen molar-refractivity contribution in [3.05, 3.63) is 34.4 Å². The van der Waals surface area contributed by atoms with Gasteiger partial charge in [0.25, 0.3) is 0 Å². The summed E-state index contributed by atoms with van der Waals surface area (Å²) in [5, 5.41) is 2.53. The van der Waals surface area contributed by atoms with Crippen LogP contribution in [0.25, 0.3) is 0 Å². The number of aliphatic imine (C=N–C) groups is 1. The summed E-state index contributed by atoms with van der Waals surface area (Å²) in [4.78, 5) is 4.26. The number of hydrogen-bond acceptors (Lipinski definition) is 2. The number of aryl methyl sites for hydroxylation is 3. The van der Waals surface area contributed by atoms with Gasteiger partial charge < -0.3 is 0 Å². The lowest BCUT2D eigenvalue weighted by molar-refractivity contribution is 0.720. The van der Waals surface area contributed by atoms with Gasteiger partial charge >= 0.3 is 0 Å². The second kappa shape index (κ2) is 3.55. The third kappa shape index (κ3) is 1.45. The van der Waals surface area contributed by atoms with Gasteiger partial charge in [-0.3, -0.25) is 0 Å². The molecule has 0 fully saturated rings. The quantitative estimate of drug-likeness (QED) is 0.517. The fraction of sp³-hybridized carbons (Fsp3) is 0.462. The summed E-state index contributed by atoms with van der Waals surface area (Å²) in [6.07, 6.45) is 6.11. The molecule has 0 saturated heterocycles. The van der Waals surface area contributed by atoms with Crippen molar-refractivity contribution < 1.29 is 0 Å². The molecular weight excluding hydrogens is 202 g/mol. The highest BCUT2D eigenvalue weighted by molar-refractivity contribution is 7.78. The van der Waals surface area contributed by atoms with Gasteiger partial charge in [0, 0.05) is 0 Å². The van der Waals surface area contributed by atoms with E-state index in [9.17, 15) is 0 Å². The summed E-state index contributed by atoms with van der Waals surface area (Å²) < 4.78 is 0. The van der Waals surface area contributed by atoms with Crippen LogP contribution in [-0.2, 0) is 19.3 Å². The van der Waals surface area contributed by atoms with Crippen molar-refractivity contribution in [1.82, 2.24) is 0 Å². The van der Waals surface area contributed by atoms with Crippen LogP contribution in [-0.4, -0.2) is 5.16 Å². The topological polar surface area (TPSA) is 12.4 Å². The average molecular weight is 215 g/mol. The highest BCUT2D eigenvalue weighted by atomic mass is 32.1. The molecule has 3 rings (SSSR count). The van der Waals surface area contributed by atoms with Crippen LogP contribution in [0, 0.1) is 0 Å². The predicted octanol–water partition coefficient (Wildman–Crippen LogP) is 3.27. The lowest BCUT2D eigenvalue weighted by atomic mass is 10.0. The molecule has 15 heavy (non-hydrogen) atoms. The maximum atomic E-state index is 4.70. The summed E-state index contributed by atoms with van der Waals surface area (Å²) in [5.74, 6) is 0. The molecule has 0 amide bonds. The molecule has 1 aromatic carbocycles. The van der Waals surface area contributed by atoms with E-state index in [1.54, 1.807) is 11.1 Å². The van der Waals surface area contributed by atoms with Gasteiger partial charge in [-0.25, -0.2) is 4.99 Å². The van der Waals surface area contributed by atoms with Crippen molar-refractivity contribution in [2.45, 2.75) is 38.1 Å². The third-order valence-corrected chi connectivity index (χ3v) is 3.71. The second-order valence-electron chi connectivity index (χ2n) is 4.45. The van der Waals surface area contributed by atoms with Crippen molar-refractivity contribution >= 4 is 17.4 Å². The molecule has 0 aromatic heterocycles. The van der Waals surface area contributed by atoms with E-state index in [0.717, 1.165) is 12.8 Å². The monoisotopic (exact) mass is 215 g/mol. The molecule has 2 heteroatoms. The van der Waals surface area contributed by atoms with Crippen molar-refractivity contribution in [2.24, 2.45) is 4.99 Å². The zero-order chi connectivity index (χ0) is 10.3. The molecule has 0 heterocycles. The van der Waals surface area contributed by atoms with E-state index in [1.165, 1.54) is 30.4 Å². The minimum absolute atomic E-state index is 0.295. The molecular formula is C13H13NS. The van der Waals surface area contributed by atoms with Crippen LogP contribution in [0.2, 0.25) is 0 Å². The van der Waals surface area contributed by atoms with Crippen LogP contribution in [0.1, 0.15) is 41.1 Å². The fourth-order valence-corrected chi connectivity index (χ4v) is 2.99. The predicted molar refractivity (Wildman–Crippen MR) is 64.6 cm³/mol. The minimum atomic E-state index is 0.295. The molecule has 0 saturated carbocycles. The van der Waals surface area contributed by atoms with E-state index < -0.39 is 0 Å². The number of thiocarbonyl (C=S) groups is 1. The van der Waals surface area contributed by atoms with Gasteiger partial charge in [0.2, 0.25) is 0 Å². The van der Waals surface area contributed by atoms with Crippen LogP contribution in [0.5, 0.6) is 0 Å². The van der Waals surface area contributed by atoms with Crippen LogP contribution in [0.3, 0.4) is 0 Å². The van der Waals surface area contributed by atoms with Crippen LogP contribution < -0.4 is 0 Å². The normalized spacial score (nSPS) is 22.0. The summed E-state index contributed by atoms with van der Waals surface area (Å²) in [5.41, 5.74) is 6.02. The lowest BCUT2D eigenvalue weighted by Crippen LogP contribution is -1.92. The van der Waals surface area contributed by atoms with Crippen molar-refractivity contribution in [1.29, 1.82) is 0 Å². The lowest BCUT2D eigenvalue weighted by Gasteiger charge is -2.07. The Morgan fingerprint density at radius 3 is 2.73 bits per heavy atom. The molecule has 0 bridgehead atoms. The van der Waals surface area contributed by atoms with Crippen molar-refractivity contribution in [3.8, 4) is 0 Å². The van der Waals surface area contributed by atoms with E-state index >= 15 is 0 Å². The molecule has 0 spiro atoms. The Bertz CT molecular complexity index is 458. The summed E-state index contributed by atoms with van der Waals surface area (Å²) in [7, 11) is 0. The Morgan fingerprint density at radius 1 is 1.13 bits per heavy atom. The Morgan fingerprint density at radius 2 is 1.93 bits per heavy atom. The molecule has 2 aliphatic carbocycles. The standard InChI is InChI=1S/C13H13NS/c15-8-14-13-5-4-11-6-9-2-1-3-10(9)7-12(11)13/h6-7,13H,1-5H2. The van der Waals surface area contributed by atoms with Gasteiger partial charge in [0.05, 0.1) is 11.2 Å². The SMILES string of the molecule is S=C=NC1CCc2cc3c(cc21)CCC3. The smallest absolute Gasteiger partial charge is 0.0858 e. The first-order valence-electron chi connectivity index (χ1n) is 5.60. The van der Waals surface area contributed by atoms with E-state index in [4.69, 9.17) is 12.2 Å². The Kier molecular flexibility index (Phi) is 2.19. The van der Waals surface area contributed by atoms with Gasteiger partial charge in [-0.15, -0.1) is 0 Å². The first-order valence-corrected chi connectivity index (χ1v) is 6.01. The van der Waals surface area contributed by atoms with E-state index in [2.05, 4.69) is 22.3 Å². The number of benzene rings is 1. The van der Waals surface area contributed by atoms with Gasteiger partial charge in [-0.2, -0.15) is 0 Å². The van der Waals surface area contributed by atoms with Crippen LogP contribution >= 0.6 is 12.2 Å². The zero-order valence-corrected chi connectivity index (χ0v) is 9.44. The van der Waals surface area contributed by atoms with Crippen molar-refractivity contribution in [3.63, 3.8) is 0 Å². The highest BCUT2D eigenvalue weighted by Gasteiger charge is 2.24. The second-order valence-corrected chi connectivity index (χ2v) is 4.63. The van der Waals surface area contributed by atoms with Gasteiger partial charge in [-0.1, -0.05) is 12.1 Å². The molecule has 0 N–H and O–H groups in total. The molecule has 0 aliphatic heterocycles. The Labute approximate surface area is 95.2 Å². The van der Waals surface area contributed by atoms with E-state index in [0.29, 0.717) is 6.04 Å². The number of fused-ring (bicyclic) bond motifs is 2. The van der Waals surface area contributed by atoms with Crippen molar-refractivity contribution in [2.75, 3.05) is 0 Å². The number of isothiocyanates is 1. The minimum Gasteiger partial charge on any atom is -0.224 e. The van der Waals surface area contributed by atoms with Gasteiger partial charge in [0.1, 0.15) is 0 Å². The largest absolute Gasteiger partial charge is 0.224 e. The number of hydrogen-bond donors (Lipinski definition) is 0. The van der Waals surface area contributed by atoms with Crippen LogP contribution in [0.15, 0.2) is 17.1 Å². The summed E-state index contributed by atoms with van der Waals surface area (Å²) in [6.45, 7) is 0. The molecule has 76 valence electrons. The molecule has 1 atom stereocenters. The number of nitrogens with zero attached hydrogens (tertiary/aromatic N) is 1. The summed E-state index contributed by atoms with van der Waals surface area (Å²) in [6, 6.07) is 5.06. The number of rotatable bonds is 1. The van der Waals surface area contributed by atoms with Crippen LogP contribution in [0.4, 0.5) is 0 Å². The fourth-order valence-electron chi connectivity index (χ4n) is 2.87. The Hall–Kier alpha value is -0.980. The third-order valence-electron chi connectivity index (χ3n) is 3.61. The average Bonchev–Trinajstić information content (AvgIpc) is 2.82. The molecule has 2 aliphatic rings. The molecule has 1 nitrogen and oxygen atoms in total. The maximum absolute atomic E-state index is 4.70. The molecule has 1 aromatic rings. The maximum Gasteiger partial charge on any atom is 0.0858 e. The van der Waals surface area contributed by atoms with Gasteiger partial charge in [0.15, 0.2) is 0 Å². The van der Waals surface area contributed by atoms with E-state index in [1.807, 2.05) is 0 Å². The first-order chi connectivity index (χ1) is 7.38. The van der Waals surface area contributed by atoms with E-state index in [-0.39, 0.29) is 0 Å². The Balaban J connectivity index is 2.09.